The van der Waals surface area contributed by atoms with Crippen LogP contribution in [0.3, 0.4) is 0 Å². The lowest BCUT2D eigenvalue weighted by atomic mass is 10.3. The molecule has 0 aromatic heterocycles. The van der Waals surface area contributed by atoms with E-state index in [1.807, 2.05) is 22.6 Å². The van der Waals surface area contributed by atoms with Gasteiger partial charge < -0.3 is 14.5 Å². The van der Waals surface area contributed by atoms with Crippen LogP contribution in [0.15, 0.2) is 18.2 Å². The molecule has 0 saturated heterocycles. The molecule has 0 spiro atoms. The lowest BCUT2D eigenvalue weighted by Gasteiger charge is -2.09. The predicted octanol–water partition coefficient (Wildman–Crippen LogP) is 1.10. The minimum absolute atomic E-state index is 0.00690. The van der Waals surface area contributed by atoms with Crippen LogP contribution in [0.4, 0.5) is 0 Å². The fourth-order valence-corrected chi connectivity index (χ4v) is 3.05. The Bertz CT molecular complexity index is 360. The number of methoxy groups -OCH3 is 1. The van der Waals surface area contributed by atoms with Crippen molar-refractivity contribution in [3.63, 3.8) is 0 Å². The van der Waals surface area contributed by atoms with Crippen molar-refractivity contribution in [1.82, 2.24) is 0 Å². The second-order valence-electron chi connectivity index (χ2n) is 2.34. The molecule has 72 valence electrons. The monoisotopic (exact) mass is 314 g/mol. The van der Waals surface area contributed by atoms with E-state index in [1.165, 1.54) is 13.2 Å². The highest BCUT2D eigenvalue weighted by atomic mass is 127. The molecule has 0 heterocycles. The molecular weight excluding hydrogens is 306 g/mol. The first-order valence-corrected chi connectivity index (χ1v) is 6.04. The van der Waals surface area contributed by atoms with Gasteiger partial charge in [-0.3, -0.25) is 4.57 Å². The smallest absolute Gasteiger partial charge is 0.357 e. The highest BCUT2D eigenvalue weighted by Crippen LogP contribution is 2.37. The summed E-state index contributed by atoms with van der Waals surface area (Å²) in [6, 6.07) is 4.60. The molecule has 0 aliphatic rings. The molecule has 0 bridgehead atoms. The summed E-state index contributed by atoms with van der Waals surface area (Å²) in [6.45, 7) is 0. The van der Waals surface area contributed by atoms with Crippen LogP contribution in [0.5, 0.6) is 5.75 Å². The Kier molecular flexibility index (Phi) is 3.34. The van der Waals surface area contributed by atoms with Crippen molar-refractivity contribution < 1.29 is 19.1 Å². The van der Waals surface area contributed by atoms with Gasteiger partial charge >= 0.3 is 7.60 Å². The van der Waals surface area contributed by atoms with E-state index in [9.17, 15) is 4.57 Å². The molecule has 4 nitrogen and oxygen atoms in total. The molecule has 13 heavy (non-hydrogen) atoms. The van der Waals surface area contributed by atoms with E-state index in [2.05, 4.69) is 0 Å². The fourth-order valence-electron chi connectivity index (χ4n) is 0.882. The molecule has 0 atom stereocenters. The Hall–Kier alpha value is -0.100. The lowest BCUT2D eigenvalue weighted by Crippen LogP contribution is -2.09. The fraction of sp³-hybridized carbons (Fsp3) is 0.143. The molecule has 6 heteroatoms. The third-order valence-corrected chi connectivity index (χ3v) is 4.02. The summed E-state index contributed by atoms with van der Waals surface area (Å²) < 4.78 is 16.3. The van der Waals surface area contributed by atoms with Gasteiger partial charge in [-0.15, -0.1) is 0 Å². The van der Waals surface area contributed by atoms with E-state index in [-0.39, 0.29) is 5.30 Å². The highest BCUT2D eigenvalue weighted by molar-refractivity contribution is 14.1. The number of rotatable bonds is 2. The summed E-state index contributed by atoms with van der Waals surface area (Å²) in [4.78, 5) is 17.9. The molecule has 0 radical (unpaired) electrons. The zero-order chi connectivity index (χ0) is 10.1. The molecule has 2 N–H and O–H groups in total. The molecule has 0 aliphatic carbocycles. The minimum atomic E-state index is -4.18. The van der Waals surface area contributed by atoms with Gasteiger partial charge in [0, 0.05) is 0 Å². The lowest BCUT2D eigenvalue weighted by molar-refractivity contribution is 0.385. The van der Waals surface area contributed by atoms with E-state index in [4.69, 9.17) is 14.5 Å². The Morgan fingerprint density at radius 1 is 1.46 bits per heavy atom. The highest BCUT2D eigenvalue weighted by Gasteiger charge is 2.22. The zero-order valence-corrected chi connectivity index (χ0v) is 9.82. The van der Waals surface area contributed by atoms with Crippen molar-refractivity contribution in [3.05, 3.63) is 21.8 Å². The predicted molar refractivity (Wildman–Crippen MR) is 57.4 cm³/mol. The maximum atomic E-state index is 11.0. The summed E-state index contributed by atoms with van der Waals surface area (Å²) >= 11 is 1.85. The van der Waals surface area contributed by atoms with Crippen LogP contribution < -0.4 is 10.0 Å². The van der Waals surface area contributed by atoms with Gasteiger partial charge in [-0.1, -0.05) is 6.07 Å². The van der Waals surface area contributed by atoms with Crippen molar-refractivity contribution in [2.75, 3.05) is 7.11 Å². The van der Waals surface area contributed by atoms with Crippen molar-refractivity contribution >= 4 is 35.5 Å². The number of hydrogen-bond donors (Lipinski definition) is 2. The van der Waals surface area contributed by atoms with Crippen LogP contribution in [0.2, 0.25) is 0 Å². The molecule has 0 fully saturated rings. The second-order valence-corrected chi connectivity index (χ2v) is 4.99. The first-order valence-electron chi connectivity index (χ1n) is 3.35. The maximum absolute atomic E-state index is 11.0. The third-order valence-electron chi connectivity index (χ3n) is 1.48. The van der Waals surface area contributed by atoms with E-state index in [0.29, 0.717) is 9.32 Å². The largest absolute Gasteiger partial charge is 0.496 e. The van der Waals surface area contributed by atoms with Crippen LogP contribution in [-0.4, -0.2) is 16.9 Å². The van der Waals surface area contributed by atoms with Gasteiger partial charge in [0.1, 0.15) is 5.75 Å². The standard InChI is InChI=1S/C7H8IO4P/c1-12-5-3-2-4-6(7(5)8)13(9,10)11/h2-4H,1H3,(H2,9,10,11). The summed E-state index contributed by atoms with van der Waals surface area (Å²) in [5.41, 5.74) is 0. The molecule has 1 rings (SSSR count). The zero-order valence-electron chi connectivity index (χ0n) is 6.77. The van der Waals surface area contributed by atoms with Gasteiger partial charge in [-0.25, -0.2) is 0 Å². The number of halogens is 1. The van der Waals surface area contributed by atoms with Crippen LogP contribution in [0, 0.1) is 3.57 Å². The van der Waals surface area contributed by atoms with Crippen molar-refractivity contribution in [1.29, 1.82) is 0 Å². The molecule has 0 saturated carbocycles. The first kappa shape index (κ1) is 11.0. The van der Waals surface area contributed by atoms with Gasteiger partial charge in [0.2, 0.25) is 0 Å². The van der Waals surface area contributed by atoms with Gasteiger partial charge in [0.05, 0.1) is 16.0 Å². The quantitative estimate of drug-likeness (QED) is 0.634. The van der Waals surface area contributed by atoms with E-state index >= 15 is 0 Å². The second kappa shape index (κ2) is 3.96. The van der Waals surface area contributed by atoms with Crippen LogP contribution >= 0.6 is 30.2 Å². The molecular formula is C7H8IO4P. The average Bonchev–Trinajstić information content (AvgIpc) is 2.02. The van der Waals surface area contributed by atoms with Crippen molar-refractivity contribution in [3.8, 4) is 5.75 Å². The van der Waals surface area contributed by atoms with Gasteiger partial charge in [-0.05, 0) is 34.7 Å². The number of ether oxygens (including phenoxy) is 1. The van der Waals surface area contributed by atoms with Crippen LogP contribution in [0.1, 0.15) is 0 Å². The molecule has 0 aliphatic heterocycles. The molecule has 0 unspecified atom stereocenters. The van der Waals surface area contributed by atoms with Gasteiger partial charge in [0.25, 0.3) is 0 Å². The van der Waals surface area contributed by atoms with Crippen LogP contribution in [0.25, 0.3) is 0 Å². The summed E-state index contributed by atoms with van der Waals surface area (Å²) in [7, 11) is -2.72. The van der Waals surface area contributed by atoms with Crippen molar-refractivity contribution in [2.24, 2.45) is 0 Å². The maximum Gasteiger partial charge on any atom is 0.357 e. The Balaban J connectivity index is 3.32. The summed E-state index contributed by atoms with van der Waals surface area (Å²) in [5.74, 6) is 0.474. The molecule has 0 amide bonds. The SMILES string of the molecule is COc1cccc(P(=O)(O)O)c1I. The molecule has 1 aromatic carbocycles. The van der Waals surface area contributed by atoms with Crippen molar-refractivity contribution in [2.45, 2.75) is 0 Å². The normalized spacial score (nSPS) is 11.4. The number of hydrogen-bond acceptors (Lipinski definition) is 2. The minimum Gasteiger partial charge on any atom is -0.496 e. The Morgan fingerprint density at radius 3 is 2.54 bits per heavy atom. The van der Waals surface area contributed by atoms with E-state index < -0.39 is 7.60 Å². The first-order chi connectivity index (χ1) is 5.96. The summed E-state index contributed by atoms with van der Waals surface area (Å²) in [5, 5.41) is 0.00690. The number of benzene rings is 1. The van der Waals surface area contributed by atoms with Gasteiger partial charge in [0.15, 0.2) is 0 Å². The topological polar surface area (TPSA) is 66.8 Å². The van der Waals surface area contributed by atoms with Crippen LogP contribution in [-0.2, 0) is 4.57 Å². The Morgan fingerprint density at radius 2 is 2.08 bits per heavy atom. The Labute approximate surface area is 89.2 Å². The average molecular weight is 314 g/mol. The summed E-state index contributed by atoms with van der Waals surface area (Å²) in [6.07, 6.45) is 0. The van der Waals surface area contributed by atoms with Gasteiger partial charge in [-0.2, -0.15) is 0 Å². The third kappa shape index (κ3) is 2.43. The molecule has 1 aromatic rings. The van der Waals surface area contributed by atoms with E-state index in [1.54, 1.807) is 12.1 Å². The van der Waals surface area contributed by atoms with E-state index in [0.717, 1.165) is 0 Å².